The highest BCUT2D eigenvalue weighted by molar-refractivity contribution is 7.80. The Kier molecular flexibility index (Phi) is 3.61. The minimum Gasteiger partial charge on any atom is -0.486 e. The van der Waals surface area contributed by atoms with Gasteiger partial charge in [-0.2, -0.15) is 0 Å². The van der Waals surface area contributed by atoms with Crippen molar-refractivity contribution in [2.75, 3.05) is 13.2 Å². The van der Waals surface area contributed by atoms with Crippen LogP contribution >= 0.6 is 12.2 Å². The lowest BCUT2D eigenvalue weighted by Crippen LogP contribution is -2.15. The summed E-state index contributed by atoms with van der Waals surface area (Å²) >= 11 is 5.00. The van der Waals surface area contributed by atoms with Crippen LogP contribution in [0.2, 0.25) is 0 Å². The molecule has 1 aromatic heterocycles. The van der Waals surface area contributed by atoms with Gasteiger partial charge < -0.3 is 19.8 Å². The number of benzene rings is 2. The molecule has 0 atom stereocenters. The maximum absolute atomic E-state index is 5.69. The highest BCUT2D eigenvalue weighted by Crippen LogP contribution is 2.34. The van der Waals surface area contributed by atoms with Crippen molar-refractivity contribution in [3.05, 3.63) is 53.3 Å². The van der Waals surface area contributed by atoms with Crippen LogP contribution in [0.15, 0.2) is 36.4 Å². The van der Waals surface area contributed by atoms with Gasteiger partial charge in [0, 0.05) is 24.2 Å². The first kappa shape index (κ1) is 15.0. The lowest BCUT2D eigenvalue weighted by molar-refractivity contribution is 0.172. The first-order valence-corrected chi connectivity index (χ1v) is 8.18. The van der Waals surface area contributed by atoms with Crippen LogP contribution in [0.1, 0.15) is 17.0 Å². The molecule has 0 fully saturated rings. The minimum atomic E-state index is 0.412. The molecule has 5 nitrogen and oxygen atoms in total. The van der Waals surface area contributed by atoms with E-state index in [1.165, 1.54) is 0 Å². The lowest BCUT2D eigenvalue weighted by Gasteiger charge is -2.18. The quantitative estimate of drug-likeness (QED) is 0.744. The molecule has 122 valence electrons. The van der Waals surface area contributed by atoms with E-state index in [0.29, 0.717) is 18.2 Å². The Bertz CT molecular complexity index is 932. The van der Waals surface area contributed by atoms with Crippen molar-refractivity contribution >= 4 is 28.2 Å². The van der Waals surface area contributed by atoms with Gasteiger partial charge in [0.05, 0.1) is 11.0 Å². The number of thiocarbonyl (C=S) groups is 1. The summed E-state index contributed by atoms with van der Waals surface area (Å²) in [6.45, 7) is 3.88. The molecule has 6 heteroatoms. The highest BCUT2D eigenvalue weighted by Gasteiger charge is 2.17. The number of rotatable bonds is 3. The van der Waals surface area contributed by atoms with E-state index < -0.39 is 0 Å². The van der Waals surface area contributed by atoms with Crippen LogP contribution in [-0.2, 0) is 6.54 Å². The molecule has 2 N–H and O–H groups in total. The predicted octanol–water partition coefficient (Wildman–Crippen LogP) is 2.80. The van der Waals surface area contributed by atoms with Gasteiger partial charge in [-0.1, -0.05) is 36.5 Å². The molecule has 2 heterocycles. The van der Waals surface area contributed by atoms with Crippen LogP contribution in [0.25, 0.3) is 11.0 Å². The lowest BCUT2D eigenvalue weighted by atomic mass is 10.1. The average molecular weight is 339 g/mol. The van der Waals surface area contributed by atoms with Crippen molar-refractivity contribution in [3.8, 4) is 11.5 Å². The zero-order valence-corrected chi connectivity index (χ0v) is 14.1. The molecule has 0 saturated heterocycles. The smallest absolute Gasteiger partial charge is 0.163 e. The van der Waals surface area contributed by atoms with Crippen molar-refractivity contribution in [1.29, 1.82) is 0 Å². The number of nitrogens with zero attached hydrogens (tertiary/aromatic N) is 2. The third kappa shape index (κ3) is 2.59. The number of nitrogens with two attached hydrogens (primary N) is 1. The van der Waals surface area contributed by atoms with Crippen LogP contribution in [-0.4, -0.2) is 27.8 Å². The van der Waals surface area contributed by atoms with Crippen molar-refractivity contribution in [1.82, 2.24) is 9.55 Å². The van der Waals surface area contributed by atoms with E-state index in [0.717, 1.165) is 46.0 Å². The first-order valence-electron chi connectivity index (χ1n) is 7.77. The second-order valence-corrected chi connectivity index (χ2v) is 6.23. The Labute approximate surface area is 145 Å². The van der Waals surface area contributed by atoms with Crippen molar-refractivity contribution in [2.45, 2.75) is 13.5 Å². The molecule has 0 saturated carbocycles. The largest absolute Gasteiger partial charge is 0.486 e. The molecular weight excluding hydrogens is 322 g/mol. The first-order chi connectivity index (χ1) is 11.6. The average Bonchev–Trinajstić information content (AvgIpc) is 2.88. The van der Waals surface area contributed by atoms with Gasteiger partial charge in [-0.3, -0.25) is 0 Å². The van der Waals surface area contributed by atoms with E-state index >= 15 is 0 Å². The highest BCUT2D eigenvalue weighted by atomic mass is 32.1. The molecule has 4 rings (SSSR count). The van der Waals surface area contributed by atoms with E-state index in [1.54, 1.807) is 0 Å². The fourth-order valence-corrected chi connectivity index (χ4v) is 3.07. The van der Waals surface area contributed by atoms with E-state index in [1.807, 2.05) is 43.3 Å². The monoisotopic (exact) mass is 339 g/mol. The van der Waals surface area contributed by atoms with Gasteiger partial charge in [0.25, 0.3) is 0 Å². The maximum Gasteiger partial charge on any atom is 0.163 e. The molecule has 1 aliphatic heterocycles. The van der Waals surface area contributed by atoms with Crippen LogP contribution in [0.4, 0.5) is 0 Å². The number of aryl methyl sites for hydroxylation is 1. The maximum atomic E-state index is 5.69. The number of hydrogen-bond donors (Lipinski definition) is 1. The molecule has 0 aliphatic carbocycles. The molecule has 24 heavy (non-hydrogen) atoms. The summed E-state index contributed by atoms with van der Waals surface area (Å²) in [4.78, 5) is 5.06. The summed E-state index contributed by atoms with van der Waals surface area (Å²) in [5.74, 6) is 2.49. The zero-order valence-electron chi connectivity index (χ0n) is 13.3. The Morgan fingerprint density at radius 1 is 1.17 bits per heavy atom. The molecule has 0 bridgehead atoms. The predicted molar refractivity (Wildman–Crippen MR) is 96.9 cm³/mol. The van der Waals surface area contributed by atoms with Crippen LogP contribution < -0.4 is 15.2 Å². The standard InChI is InChI=1S/C18H17N3O2S/c1-11-20-14-8-16-17(23-7-6-22-16)9-15(14)21(11)10-12-2-4-13(5-3-12)18(19)24/h2-5,8-9H,6-7,10H2,1H3,(H2,19,24). The summed E-state index contributed by atoms with van der Waals surface area (Å²) < 4.78 is 13.5. The van der Waals surface area contributed by atoms with E-state index in [9.17, 15) is 0 Å². The Morgan fingerprint density at radius 3 is 2.50 bits per heavy atom. The number of aromatic nitrogens is 2. The van der Waals surface area contributed by atoms with Gasteiger partial charge in [0.1, 0.15) is 24.0 Å². The second kappa shape index (κ2) is 5.79. The third-order valence-corrected chi connectivity index (χ3v) is 4.42. The van der Waals surface area contributed by atoms with Gasteiger partial charge >= 0.3 is 0 Å². The molecule has 2 aromatic carbocycles. The van der Waals surface area contributed by atoms with Crippen molar-refractivity contribution in [3.63, 3.8) is 0 Å². The van der Waals surface area contributed by atoms with E-state index in [2.05, 4.69) is 9.55 Å². The second-order valence-electron chi connectivity index (χ2n) is 5.79. The summed E-state index contributed by atoms with van der Waals surface area (Å²) in [7, 11) is 0. The van der Waals surface area contributed by atoms with Crippen molar-refractivity contribution < 1.29 is 9.47 Å². The molecule has 0 unspecified atom stereocenters. The summed E-state index contributed by atoms with van der Waals surface area (Å²) in [5, 5.41) is 0. The summed E-state index contributed by atoms with van der Waals surface area (Å²) in [6, 6.07) is 11.9. The zero-order chi connectivity index (χ0) is 16.7. The molecule has 0 amide bonds. The Balaban J connectivity index is 1.73. The van der Waals surface area contributed by atoms with Gasteiger partial charge in [-0.15, -0.1) is 0 Å². The summed E-state index contributed by atoms with van der Waals surface area (Å²) in [5.41, 5.74) is 9.64. The number of fused-ring (bicyclic) bond motifs is 2. The topological polar surface area (TPSA) is 62.3 Å². The molecule has 1 aliphatic rings. The molecule has 3 aromatic rings. The molecule has 0 spiro atoms. The van der Waals surface area contributed by atoms with Crippen LogP contribution in [0, 0.1) is 6.92 Å². The van der Waals surface area contributed by atoms with Crippen molar-refractivity contribution in [2.24, 2.45) is 5.73 Å². The Hall–Kier alpha value is -2.60. The van der Waals surface area contributed by atoms with Crippen LogP contribution in [0.3, 0.4) is 0 Å². The van der Waals surface area contributed by atoms with Gasteiger partial charge in [-0.25, -0.2) is 4.98 Å². The number of hydrogen-bond acceptors (Lipinski definition) is 4. The van der Waals surface area contributed by atoms with E-state index in [4.69, 9.17) is 27.4 Å². The number of ether oxygens (including phenoxy) is 2. The SMILES string of the molecule is Cc1nc2cc3c(cc2n1Cc1ccc(C(N)=S)cc1)OCCO3. The third-order valence-electron chi connectivity index (χ3n) is 4.18. The van der Waals surface area contributed by atoms with Crippen LogP contribution in [0.5, 0.6) is 11.5 Å². The minimum absolute atomic E-state index is 0.412. The van der Waals surface area contributed by atoms with Gasteiger partial charge in [0.15, 0.2) is 11.5 Å². The van der Waals surface area contributed by atoms with E-state index in [-0.39, 0.29) is 0 Å². The Morgan fingerprint density at radius 2 is 1.83 bits per heavy atom. The van der Waals surface area contributed by atoms with Gasteiger partial charge in [0.2, 0.25) is 0 Å². The molecular formula is C18H17N3O2S. The normalized spacial score (nSPS) is 13.2. The summed E-state index contributed by atoms with van der Waals surface area (Å²) in [6.07, 6.45) is 0. The molecule has 0 radical (unpaired) electrons. The fourth-order valence-electron chi connectivity index (χ4n) is 2.94. The van der Waals surface area contributed by atoms with Gasteiger partial charge in [-0.05, 0) is 12.5 Å². The fraction of sp³-hybridized carbons (Fsp3) is 0.222. The number of imidazole rings is 1.